The summed E-state index contributed by atoms with van der Waals surface area (Å²) in [5, 5.41) is 0.775. The number of allylic oxidation sites excluding steroid dienone is 2. The van der Waals surface area contributed by atoms with E-state index in [1.54, 1.807) is 14.2 Å². The minimum atomic E-state index is 0.0883. The molecule has 2 heterocycles. The average molecular weight is 373 g/mol. The van der Waals surface area contributed by atoms with Gasteiger partial charge < -0.3 is 20.1 Å². The lowest BCUT2D eigenvalue weighted by atomic mass is 9.79. The molecular formula is C21H25ClN2O2. The molecule has 4 rings (SSSR count). The van der Waals surface area contributed by atoms with Gasteiger partial charge in [-0.15, -0.1) is 0 Å². The summed E-state index contributed by atoms with van der Waals surface area (Å²) in [5.74, 6) is 2.04. The van der Waals surface area contributed by atoms with Crippen LogP contribution in [0.1, 0.15) is 30.7 Å². The molecule has 1 aromatic carbocycles. The Morgan fingerprint density at radius 3 is 2.81 bits per heavy atom. The van der Waals surface area contributed by atoms with Crippen molar-refractivity contribution in [3.05, 3.63) is 69.3 Å². The molecule has 0 aromatic heterocycles. The van der Waals surface area contributed by atoms with E-state index in [1.807, 2.05) is 12.1 Å². The van der Waals surface area contributed by atoms with E-state index in [0.29, 0.717) is 5.92 Å². The molecule has 2 atom stereocenters. The third-order valence-corrected chi connectivity index (χ3v) is 6.03. The van der Waals surface area contributed by atoms with Gasteiger partial charge in [0.15, 0.2) is 5.76 Å². The summed E-state index contributed by atoms with van der Waals surface area (Å²) in [4.78, 5) is 2.51. The number of piperidine rings is 1. The minimum absolute atomic E-state index is 0.0883. The number of fused-ring (bicyclic) bond motifs is 2. The summed E-state index contributed by atoms with van der Waals surface area (Å²) in [6.45, 7) is 1.96. The Hall–Kier alpha value is -1.91. The molecule has 2 N–H and O–H groups in total. The number of hydrogen-bond acceptors (Lipinski definition) is 4. The number of benzene rings is 1. The van der Waals surface area contributed by atoms with Crippen LogP contribution in [0.5, 0.6) is 0 Å². The second-order valence-electron chi connectivity index (χ2n) is 7.19. The second-order valence-corrected chi connectivity index (χ2v) is 7.63. The first-order chi connectivity index (χ1) is 12.6. The molecule has 1 aliphatic carbocycles. The first-order valence-corrected chi connectivity index (χ1v) is 9.48. The van der Waals surface area contributed by atoms with Crippen molar-refractivity contribution < 1.29 is 9.47 Å². The zero-order chi connectivity index (χ0) is 18.3. The first kappa shape index (κ1) is 17.5. The smallest absolute Gasteiger partial charge is 0.157 e. The van der Waals surface area contributed by atoms with Crippen LogP contribution in [0, 0.1) is 0 Å². The zero-order valence-electron chi connectivity index (χ0n) is 15.3. The topological polar surface area (TPSA) is 47.7 Å². The van der Waals surface area contributed by atoms with Gasteiger partial charge in [0.25, 0.3) is 0 Å². The number of ether oxygens (including phenoxy) is 2. The Bertz CT molecular complexity index is 812. The van der Waals surface area contributed by atoms with Crippen molar-refractivity contribution in [2.75, 3.05) is 27.3 Å². The van der Waals surface area contributed by atoms with E-state index in [9.17, 15) is 0 Å². The molecule has 0 radical (unpaired) electrons. The van der Waals surface area contributed by atoms with Crippen LogP contribution in [0.25, 0.3) is 0 Å². The van der Waals surface area contributed by atoms with E-state index in [2.05, 4.69) is 23.1 Å². The fourth-order valence-corrected chi connectivity index (χ4v) is 4.60. The van der Waals surface area contributed by atoms with E-state index < -0.39 is 0 Å². The molecule has 5 heteroatoms. The highest BCUT2D eigenvalue weighted by Crippen LogP contribution is 2.43. The van der Waals surface area contributed by atoms with Crippen LogP contribution in [-0.4, -0.2) is 38.3 Å². The average Bonchev–Trinajstić information content (AvgIpc) is 2.66. The highest BCUT2D eigenvalue weighted by atomic mass is 35.5. The van der Waals surface area contributed by atoms with Gasteiger partial charge in [0.2, 0.25) is 0 Å². The van der Waals surface area contributed by atoms with Gasteiger partial charge in [-0.2, -0.15) is 0 Å². The standard InChI is InChI=1S/C21H25ClN2O2/c1-25-20-9-14-6-7-24-12-17(13-4-3-5-15(22)8-13)18(23)11-19(24)16(14)10-21(20)26-2/h3-5,8-9,17-18H,6-7,10-12,23H2,1-2H3/t17-,18+/m0/s1. The highest BCUT2D eigenvalue weighted by Gasteiger charge is 2.36. The maximum absolute atomic E-state index is 6.62. The van der Waals surface area contributed by atoms with Crippen molar-refractivity contribution in [1.82, 2.24) is 4.90 Å². The summed E-state index contributed by atoms with van der Waals surface area (Å²) < 4.78 is 11.1. The number of nitrogens with two attached hydrogens (primary N) is 1. The third-order valence-electron chi connectivity index (χ3n) is 5.79. The SMILES string of the molecule is COC1=C(OC)CC2=C3C[C@@H](N)[C@H](c4cccc(Cl)c4)CN3CCC2=C1. The molecule has 0 unspecified atom stereocenters. The van der Waals surface area contributed by atoms with Crippen molar-refractivity contribution in [2.24, 2.45) is 5.73 Å². The van der Waals surface area contributed by atoms with Crippen LogP contribution in [0.2, 0.25) is 5.02 Å². The van der Waals surface area contributed by atoms with E-state index in [1.165, 1.54) is 22.4 Å². The lowest BCUT2D eigenvalue weighted by Gasteiger charge is -2.45. The second kappa shape index (κ2) is 7.01. The minimum Gasteiger partial charge on any atom is -0.497 e. The highest BCUT2D eigenvalue weighted by molar-refractivity contribution is 6.30. The first-order valence-electron chi connectivity index (χ1n) is 9.10. The molecule has 0 bridgehead atoms. The Kier molecular flexibility index (Phi) is 4.72. The monoisotopic (exact) mass is 372 g/mol. The van der Waals surface area contributed by atoms with Gasteiger partial charge in [0.05, 0.1) is 14.2 Å². The molecule has 3 aliphatic rings. The largest absolute Gasteiger partial charge is 0.497 e. The Balaban J connectivity index is 1.65. The van der Waals surface area contributed by atoms with Gasteiger partial charge in [-0.25, -0.2) is 0 Å². The van der Waals surface area contributed by atoms with Gasteiger partial charge in [0.1, 0.15) is 5.76 Å². The lowest BCUT2D eigenvalue weighted by molar-refractivity contribution is 0.211. The summed E-state index contributed by atoms with van der Waals surface area (Å²) in [7, 11) is 3.41. The molecule has 1 aromatic rings. The van der Waals surface area contributed by atoms with Crippen LogP contribution in [-0.2, 0) is 9.47 Å². The molecule has 1 saturated heterocycles. The van der Waals surface area contributed by atoms with Crippen molar-refractivity contribution in [3.8, 4) is 0 Å². The van der Waals surface area contributed by atoms with Crippen molar-refractivity contribution in [1.29, 1.82) is 0 Å². The third kappa shape index (κ3) is 3.01. The Morgan fingerprint density at radius 2 is 2.08 bits per heavy atom. The van der Waals surface area contributed by atoms with Crippen LogP contribution in [0.15, 0.2) is 58.7 Å². The maximum Gasteiger partial charge on any atom is 0.157 e. The summed E-state index contributed by atoms with van der Waals surface area (Å²) in [5.41, 5.74) is 12.0. The van der Waals surface area contributed by atoms with Crippen molar-refractivity contribution in [3.63, 3.8) is 0 Å². The normalized spacial score (nSPS) is 25.5. The number of rotatable bonds is 3. The number of nitrogens with zero attached hydrogens (tertiary/aromatic N) is 1. The molecule has 0 saturated carbocycles. The number of methoxy groups -OCH3 is 2. The van der Waals surface area contributed by atoms with E-state index >= 15 is 0 Å². The predicted octanol–water partition coefficient (Wildman–Crippen LogP) is 3.95. The molecule has 2 aliphatic heterocycles. The Morgan fingerprint density at radius 1 is 1.23 bits per heavy atom. The number of halogens is 1. The molecule has 138 valence electrons. The fraction of sp³-hybridized carbons (Fsp3) is 0.429. The summed E-state index contributed by atoms with van der Waals surface area (Å²) in [6.07, 6.45) is 4.83. The van der Waals surface area contributed by atoms with Crippen LogP contribution < -0.4 is 5.73 Å². The summed E-state index contributed by atoms with van der Waals surface area (Å²) >= 11 is 6.20. The molecule has 0 amide bonds. The van der Waals surface area contributed by atoms with Gasteiger partial charge in [-0.1, -0.05) is 23.7 Å². The maximum atomic E-state index is 6.62. The van der Waals surface area contributed by atoms with Gasteiger partial charge in [0, 0.05) is 48.6 Å². The van der Waals surface area contributed by atoms with E-state index in [4.69, 9.17) is 26.8 Å². The summed E-state index contributed by atoms with van der Waals surface area (Å²) in [6, 6.07) is 8.21. The van der Waals surface area contributed by atoms with Crippen LogP contribution in [0.3, 0.4) is 0 Å². The van der Waals surface area contributed by atoms with Gasteiger partial charge in [-0.3, -0.25) is 0 Å². The molecule has 1 fully saturated rings. The number of hydrogen-bond donors (Lipinski definition) is 1. The Labute approximate surface area is 159 Å². The van der Waals surface area contributed by atoms with Crippen LogP contribution in [0.4, 0.5) is 0 Å². The van der Waals surface area contributed by atoms with Gasteiger partial charge >= 0.3 is 0 Å². The quantitative estimate of drug-likeness (QED) is 0.872. The molecular weight excluding hydrogens is 348 g/mol. The van der Waals surface area contributed by atoms with Crippen molar-refractivity contribution >= 4 is 11.6 Å². The van der Waals surface area contributed by atoms with Gasteiger partial charge in [-0.05, 0) is 41.3 Å². The zero-order valence-corrected chi connectivity index (χ0v) is 16.1. The predicted molar refractivity (Wildman–Crippen MR) is 104 cm³/mol. The molecule has 4 nitrogen and oxygen atoms in total. The van der Waals surface area contributed by atoms with E-state index in [-0.39, 0.29) is 6.04 Å². The molecule has 0 spiro atoms. The van der Waals surface area contributed by atoms with Crippen molar-refractivity contribution in [2.45, 2.75) is 31.2 Å². The lowest BCUT2D eigenvalue weighted by Crippen LogP contribution is -2.46. The van der Waals surface area contributed by atoms with Crippen LogP contribution >= 0.6 is 11.6 Å². The molecule has 26 heavy (non-hydrogen) atoms. The van der Waals surface area contributed by atoms with E-state index in [0.717, 1.165) is 48.9 Å². The fourth-order valence-electron chi connectivity index (χ4n) is 4.41.